The monoisotopic (exact) mass is 396 g/mol. The van der Waals surface area contributed by atoms with Crippen LogP contribution in [0.5, 0.6) is 0 Å². The Morgan fingerprint density at radius 3 is 2.59 bits per heavy atom. The molecule has 0 saturated carbocycles. The largest absolute Gasteiger partial charge is 0.451 e. The van der Waals surface area contributed by atoms with E-state index in [2.05, 4.69) is 10.4 Å². The molecule has 1 atom stereocenters. The maximum absolute atomic E-state index is 12.5. The molecule has 3 aromatic rings. The van der Waals surface area contributed by atoms with Crippen molar-refractivity contribution in [2.75, 3.05) is 5.32 Å². The molecule has 1 N–H and O–H groups in total. The third kappa shape index (κ3) is 4.23. The SMILES string of the molecule is Cc1nn(CC(=O)O[C@H](C)C(=O)Nc2cccc3ccccc23)c(C)c1[N+](=O)[O-]. The van der Waals surface area contributed by atoms with Crippen molar-refractivity contribution in [1.82, 2.24) is 9.78 Å². The fourth-order valence-corrected chi connectivity index (χ4v) is 3.08. The molecule has 150 valence electrons. The van der Waals surface area contributed by atoms with Gasteiger partial charge in [0.1, 0.15) is 17.9 Å². The van der Waals surface area contributed by atoms with E-state index in [0.717, 1.165) is 10.8 Å². The van der Waals surface area contributed by atoms with Crippen molar-refractivity contribution < 1.29 is 19.2 Å². The van der Waals surface area contributed by atoms with Crippen molar-refractivity contribution in [3.05, 3.63) is 64.0 Å². The topological polar surface area (TPSA) is 116 Å². The fourth-order valence-electron chi connectivity index (χ4n) is 3.08. The number of esters is 1. The van der Waals surface area contributed by atoms with E-state index in [-0.39, 0.29) is 23.6 Å². The molecule has 1 amide bonds. The summed E-state index contributed by atoms with van der Waals surface area (Å²) in [6, 6.07) is 13.1. The molecule has 0 unspecified atom stereocenters. The average molecular weight is 396 g/mol. The van der Waals surface area contributed by atoms with E-state index in [4.69, 9.17) is 4.74 Å². The summed E-state index contributed by atoms with van der Waals surface area (Å²) in [5.41, 5.74) is 0.934. The van der Waals surface area contributed by atoms with E-state index in [1.54, 1.807) is 6.07 Å². The zero-order valence-electron chi connectivity index (χ0n) is 16.2. The summed E-state index contributed by atoms with van der Waals surface area (Å²) in [6.45, 7) is 4.13. The molecular formula is C20H20N4O5. The molecule has 0 spiro atoms. The van der Waals surface area contributed by atoms with Crippen molar-refractivity contribution in [2.24, 2.45) is 0 Å². The molecule has 1 heterocycles. The smallest absolute Gasteiger partial charge is 0.328 e. The Morgan fingerprint density at radius 1 is 1.21 bits per heavy atom. The highest BCUT2D eigenvalue weighted by Gasteiger charge is 2.24. The number of ether oxygens (including phenoxy) is 1. The molecule has 0 radical (unpaired) electrons. The number of nitrogens with one attached hydrogen (secondary N) is 1. The molecular weight excluding hydrogens is 376 g/mol. The van der Waals surface area contributed by atoms with Gasteiger partial charge >= 0.3 is 11.7 Å². The standard InChI is InChI=1S/C20H20N4O5/c1-12-19(24(27)28)13(2)23(22-12)11-18(25)29-14(3)20(26)21-17-10-6-8-15-7-4-5-9-16(15)17/h4-10,14H,11H2,1-3H3,(H,21,26)/t14-/m1/s1. The summed E-state index contributed by atoms with van der Waals surface area (Å²) in [5.74, 6) is -1.19. The Labute approximate surface area is 166 Å². The van der Waals surface area contributed by atoms with Gasteiger partial charge in [0.2, 0.25) is 0 Å². The van der Waals surface area contributed by atoms with Crippen LogP contribution in [0.3, 0.4) is 0 Å². The minimum Gasteiger partial charge on any atom is -0.451 e. The molecule has 0 aliphatic rings. The number of nitrogens with zero attached hydrogens (tertiary/aromatic N) is 3. The van der Waals surface area contributed by atoms with E-state index >= 15 is 0 Å². The predicted octanol–water partition coefficient (Wildman–Crippen LogP) is 3.13. The van der Waals surface area contributed by atoms with Gasteiger partial charge in [0.15, 0.2) is 6.10 Å². The number of aryl methyl sites for hydroxylation is 1. The second-order valence-corrected chi connectivity index (χ2v) is 6.58. The van der Waals surface area contributed by atoms with Gasteiger partial charge in [0.05, 0.1) is 4.92 Å². The molecule has 0 saturated heterocycles. The maximum atomic E-state index is 12.5. The van der Waals surface area contributed by atoms with Crippen molar-refractivity contribution in [1.29, 1.82) is 0 Å². The number of aromatic nitrogens is 2. The fraction of sp³-hybridized carbons (Fsp3) is 0.250. The first-order chi connectivity index (χ1) is 13.8. The van der Waals surface area contributed by atoms with Crippen LogP contribution in [0.1, 0.15) is 18.3 Å². The number of nitro groups is 1. The predicted molar refractivity (Wildman–Crippen MR) is 106 cm³/mol. The van der Waals surface area contributed by atoms with Crippen molar-refractivity contribution >= 4 is 34.0 Å². The van der Waals surface area contributed by atoms with Gasteiger partial charge in [-0.3, -0.25) is 24.4 Å². The van der Waals surface area contributed by atoms with Gasteiger partial charge in [-0.1, -0.05) is 36.4 Å². The van der Waals surface area contributed by atoms with E-state index < -0.39 is 22.9 Å². The molecule has 0 fully saturated rings. The first-order valence-corrected chi connectivity index (χ1v) is 8.94. The molecule has 2 aromatic carbocycles. The van der Waals surface area contributed by atoms with Gasteiger partial charge in [-0.25, -0.2) is 0 Å². The lowest BCUT2D eigenvalue weighted by Gasteiger charge is -2.15. The maximum Gasteiger partial charge on any atom is 0.328 e. The third-order valence-corrected chi connectivity index (χ3v) is 4.53. The van der Waals surface area contributed by atoms with Crippen molar-refractivity contribution in [3.8, 4) is 0 Å². The lowest BCUT2D eigenvalue weighted by atomic mass is 10.1. The lowest BCUT2D eigenvalue weighted by molar-refractivity contribution is -0.386. The van der Waals surface area contributed by atoms with E-state index in [0.29, 0.717) is 5.69 Å². The summed E-state index contributed by atoms with van der Waals surface area (Å²) in [5, 5.41) is 19.7. The number of carbonyl (C=O) groups is 2. The van der Waals surface area contributed by atoms with Crippen LogP contribution in [-0.2, 0) is 20.9 Å². The second kappa shape index (κ2) is 8.09. The molecule has 9 nitrogen and oxygen atoms in total. The number of fused-ring (bicyclic) bond motifs is 1. The third-order valence-electron chi connectivity index (χ3n) is 4.53. The van der Waals surface area contributed by atoms with Gasteiger partial charge in [-0.05, 0) is 32.2 Å². The highest BCUT2D eigenvalue weighted by atomic mass is 16.6. The van der Waals surface area contributed by atoms with Crippen LogP contribution in [0.25, 0.3) is 10.8 Å². The van der Waals surface area contributed by atoms with Crippen LogP contribution < -0.4 is 5.32 Å². The lowest BCUT2D eigenvalue weighted by Crippen LogP contribution is -2.31. The highest BCUT2D eigenvalue weighted by molar-refractivity contribution is 6.03. The number of rotatable bonds is 6. The minimum atomic E-state index is -1.05. The molecule has 3 rings (SSSR count). The minimum absolute atomic E-state index is 0.139. The summed E-state index contributed by atoms with van der Waals surface area (Å²) >= 11 is 0. The Morgan fingerprint density at radius 2 is 1.90 bits per heavy atom. The molecule has 0 bridgehead atoms. The van der Waals surface area contributed by atoms with Gasteiger partial charge in [-0.2, -0.15) is 5.10 Å². The number of amides is 1. The first-order valence-electron chi connectivity index (χ1n) is 8.94. The van der Waals surface area contributed by atoms with Crippen LogP contribution in [-0.4, -0.2) is 32.7 Å². The van der Waals surface area contributed by atoms with Crippen LogP contribution in [0.2, 0.25) is 0 Å². The molecule has 9 heteroatoms. The highest BCUT2D eigenvalue weighted by Crippen LogP contribution is 2.24. The van der Waals surface area contributed by atoms with Crippen LogP contribution in [0, 0.1) is 24.0 Å². The van der Waals surface area contributed by atoms with E-state index in [1.165, 1.54) is 25.5 Å². The number of hydrogen-bond acceptors (Lipinski definition) is 6. The molecule has 1 aromatic heterocycles. The van der Waals surface area contributed by atoms with E-state index in [9.17, 15) is 19.7 Å². The average Bonchev–Trinajstić information content (AvgIpc) is 2.95. The Balaban J connectivity index is 1.66. The quantitative estimate of drug-likeness (QED) is 0.389. The number of hydrogen-bond donors (Lipinski definition) is 1. The Kier molecular flexibility index (Phi) is 5.58. The number of carbonyl (C=O) groups excluding carboxylic acids is 2. The molecule has 29 heavy (non-hydrogen) atoms. The van der Waals surface area contributed by atoms with Gasteiger partial charge in [-0.15, -0.1) is 0 Å². The number of benzene rings is 2. The van der Waals surface area contributed by atoms with Crippen LogP contribution in [0.4, 0.5) is 11.4 Å². The van der Waals surface area contributed by atoms with Crippen LogP contribution >= 0.6 is 0 Å². The van der Waals surface area contributed by atoms with Crippen molar-refractivity contribution in [3.63, 3.8) is 0 Å². The summed E-state index contributed by atoms with van der Waals surface area (Å²) < 4.78 is 6.38. The Bertz CT molecular complexity index is 1100. The van der Waals surface area contributed by atoms with Crippen molar-refractivity contribution in [2.45, 2.75) is 33.4 Å². The molecule has 0 aliphatic heterocycles. The molecule has 0 aliphatic carbocycles. The van der Waals surface area contributed by atoms with Gasteiger partial charge in [0, 0.05) is 11.1 Å². The van der Waals surface area contributed by atoms with Gasteiger partial charge < -0.3 is 10.1 Å². The van der Waals surface area contributed by atoms with Gasteiger partial charge in [0.25, 0.3) is 5.91 Å². The first kappa shape index (κ1) is 20.0. The number of anilines is 1. The van der Waals surface area contributed by atoms with Crippen LogP contribution in [0.15, 0.2) is 42.5 Å². The zero-order valence-corrected chi connectivity index (χ0v) is 16.2. The zero-order chi connectivity index (χ0) is 21.1. The van der Waals surface area contributed by atoms with E-state index in [1.807, 2.05) is 36.4 Å². The summed E-state index contributed by atoms with van der Waals surface area (Å²) in [6.07, 6.45) is -1.05. The second-order valence-electron chi connectivity index (χ2n) is 6.58. The Hall–Kier alpha value is -3.75. The summed E-state index contributed by atoms with van der Waals surface area (Å²) in [7, 11) is 0. The normalized spacial score (nSPS) is 11.8. The summed E-state index contributed by atoms with van der Waals surface area (Å²) in [4.78, 5) is 35.2.